The molecule has 0 unspecified atom stereocenters. The predicted molar refractivity (Wildman–Crippen MR) is 89.8 cm³/mol. The molecule has 124 valence electrons. The Hall–Kier alpha value is -2.18. The van der Waals surface area contributed by atoms with E-state index in [1.54, 1.807) is 42.5 Å². The average Bonchev–Trinajstić information content (AvgIpc) is 2.54. The second kappa shape index (κ2) is 9.07. The minimum Gasteiger partial charge on any atom is -0.478 e. The van der Waals surface area contributed by atoms with Crippen molar-refractivity contribution in [1.82, 2.24) is 0 Å². The molecule has 0 aliphatic rings. The van der Waals surface area contributed by atoms with Gasteiger partial charge in [-0.25, -0.2) is 18.4 Å². The maximum atomic E-state index is 11.2. The molecular weight excluding hydrogens is 314 g/mol. The first kappa shape index (κ1) is 18.9. The maximum Gasteiger partial charge on any atom is 0.335 e. The quantitative estimate of drug-likeness (QED) is 0.877. The molecule has 0 aliphatic carbocycles. The number of benzene rings is 2. The van der Waals surface area contributed by atoms with Gasteiger partial charge in [0, 0.05) is 0 Å². The highest BCUT2D eigenvalue weighted by molar-refractivity contribution is 7.89. The third-order valence-corrected chi connectivity index (χ3v) is 4.11. The highest BCUT2D eigenvalue weighted by Gasteiger charge is 2.11. The molecule has 2 rings (SSSR count). The van der Waals surface area contributed by atoms with Crippen molar-refractivity contribution in [3.05, 3.63) is 65.7 Å². The summed E-state index contributed by atoms with van der Waals surface area (Å²) >= 11 is 0. The lowest BCUT2D eigenvalue weighted by atomic mass is 10.1. The summed E-state index contributed by atoms with van der Waals surface area (Å²) in [6.45, 7) is 2.07. The molecule has 5 nitrogen and oxygen atoms in total. The SMILES string of the molecule is CCCCc1ccccc1S(N)(=O)=O.O=C(O)c1ccccc1. The van der Waals surface area contributed by atoms with Crippen LogP contribution in [-0.2, 0) is 16.4 Å². The van der Waals surface area contributed by atoms with Gasteiger partial charge >= 0.3 is 5.97 Å². The number of hydrogen-bond donors (Lipinski definition) is 2. The molecule has 0 radical (unpaired) electrons. The molecule has 0 bridgehead atoms. The molecule has 0 saturated carbocycles. The lowest BCUT2D eigenvalue weighted by Crippen LogP contribution is -2.14. The number of sulfonamides is 1. The predicted octanol–water partition coefficient (Wildman–Crippen LogP) is 3.06. The van der Waals surface area contributed by atoms with Crippen LogP contribution in [0.5, 0.6) is 0 Å². The normalized spacial score (nSPS) is 10.5. The van der Waals surface area contributed by atoms with Crippen molar-refractivity contribution in [2.24, 2.45) is 5.14 Å². The zero-order chi connectivity index (χ0) is 17.3. The second-order valence-corrected chi connectivity index (χ2v) is 6.46. The average molecular weight is 335 g/mol. The topological polar surface area (TPSA) is 97.5 Å². The van der Waals surface area contributed by atoms with E-state index < -0.39 is 16.0 Å². The largest absolute Gasteiger partial charge is 0.478 e. The third kappa shape index (κ3) is 6.63. The summed E-state index contributed by atoms with van der Waals surface area (Å²) in [4.78, 5) is 10.5. The van der Waals surface area contributed by atoms with Crippen LogP contribution >= 0.6 is 0 Å². The first-order chi connectivity index (χ1) is 10.9. The van der Waals surface area contributed by atoms with Gasteiger partial charge in [-0.3, -0.25) is 0 Å². The van der Waals surface area contributed by atoms with Crippen molar-refractivity contribution in [1.29, 1.82) is 0 Å². The summed E-state index contributed by atoms with van der Waals surface area (Å²) in [6, 6.07) is 15.2. The Balaban J connectivity index is 0.000000253. The Kier molecular flexibility index (Phi) is 7.44. The van der Waals surface area contributed by atoms with Crippen LogP contribution < -0.4 is 5.14 Å². The summed E-state index contributed by atoms with van der Waals surface area (Å²) < 4.78 is 22.4. The summed E-state index contributed by atoms with van der Waals surface area (Å²) in [7, 11) is -3.56. The van der Waals surface area contributed by atoms with E-state index in [9.17, 15) is 13.2 Å². The Morgan fingerprint density at radius 1 is 1.04 bits per heavy atom. The Bertz CT molecular complexity index is 727. The van der Waals surface area contributed by atoms with Crippen molar-refractivity contribution in [3.8, 4) is 0 Å². The lowest BCUT2D eigenvalue weighted by molar-refractivity contribution is 0.0697. The van der Waals surface area contributed by atoms with E-state index in [2.05, 4.69) is 6.92 Å². The van der Waals surface area contributed by atoms with Crippen LogP contribution in [0.3, 0.4) is 0 Å². The number of nitrogens with two attached hydrogens (primary N) is 1. The highest BCUT2D eigenvalue weighted by Crippen LogP contribution is 2.15. The minimum atomic E-state index is -3.56. The zero-order valence-electron chi connectivity index (χ0n) is 13.0. The molecule has 23 heavy (non-hydrogen) atoms. The standard InChI is InChI=1S/C10H15NO2S.C7H6O2/c1-2-3-6-9-7-4-5-8-10(9)14(11,12)13;8-7(9)6-4-2-1-3-5-6/h4-5,7-8H,2-3,6H2,1H3,(H2,11,12,13);1-5H,(H,8,9). The first-order valence-electron chi connectivity index (χ1n) is 7.25. The number of carboxylic acids is 1. The third-order valence-electron chi connectivity index (χ3n) is 3.10. The van der Waals surface area contributed by atoms with Gasteiger partial charge in [-0.05, 0) is 36.6 Å². The number of aromatic carboxylic acids is 1. The minimum absolute atomic E-state index is 0.258. The summed E-state index contributed by atoms with van der Waals surface area (Å²) in [5.74, 6) is -0.879. The van der Waals surface area contributed by atoms with Gasteiger partial charge in [0.2, 0.25) is 10.0 Å². The molecule has 0 atom stereocenters. The summed E-state index contributed by atoms with van der Waals surface area (Å²) in [5, 5.41) is 13.5. The van der Waals surface area contributed by atoms with Crippen molar-refractivity contribution in [2.45, 2.75) is 31.1 Å². The molecule has 2 aromatic rings. The summed E-state index contributed by atoms with van der Waals surface area (Å²) in [6.07, 6.45) is 2.79. The fraction of sp³-hybridized carbons (Fsp3) is 0.235. The van der Waals surface area contributed by atoms with Gasteiger partial charge in [0.25, 0.3) is 0 Å². The van der Waals surface area contributed by atoms with Gasteiger partial charge in [0.15, 0.2) is 0 Å². The van der Waals surface area contributed by atoms with Crippen LogP contribution in [0.2, 0.25) is 0 Å². The van der Waals surface area contributed by atoms with Crippen molar-refractivity contribution < 1.29 is 18.3 Å². The molecule has 0 aliphatic heterocycles. The second-order valence-electron chi connectivity index (χ2n) is 4.93. The number of rotatable bonds is 5. The van der Waals surface area contributed by atoms with Crippen LogP contribution in [-0.4, -0.2) is 19.5 Å². The van der Waals surface area contributed by atoms with Gasteiger partial charge in [0.05, 0.1) is 10.5 Å². The van der Waals surface area contributed by atoms with Crippen LogP contribution in [0, 0.1) is 0 Å². The van der Waals surface area contributed by atoms with E-state index in [-0.39, 0.29) is 4.90 Å². The molecule has 6 heteroatoms. The van der Waals surface area contributed by atoms with Crippen LogP contribution in [0.1, 0.15) is 35.7 Å². The molecule has 2 aromatic carbocycles. The smallest absolute Gasteiger partial charge is 0.335 e. The van der Waals surface area contributed by atoms with Crippen molar-refractivity contribution in [2.75, 3.05) is 0 Å². The van der Waals surface area contributed by atoms with Crippen molar-refractivity contribution in [3.63, 3.8) is 0 Å². The van der Waals surface area contributed by atoms with E-state index in [0.29, 0.717) is 5.56 Å². The van der Waals surface area contributed by atoms with Crippen LogP contribution in [0.15, 0.2) is 59.5 Å². The number of hydrogen-bond acceptors (Lipinski definition) is 3. The fourth-order valence-corrected chi connectivity index (χ4v) is 2.74. The number of unbranched alkanes of at least 4 members (excludes halogenated alkanes) is 1. The molecule has 0 aromatic heterocycles. The van der Waals surface area contributed by atoms with Crippen LogP contribution in [0.4, 0.5) is 0 Å². The van der Waals surface area contributed by atoms with Crippen molar-refractivity contribution >= 4 is 16.0 Å². The Labute approximate surface area is 136 Å². The lowest BCUT2D eigenvalue weighted by Gasteiger charge is -2.05. The molecule has 0 fully saturated rings. The zero-order valence-corrected chi connectivity index (χ0v) is 13.8. The Morgan fingerprint density at radius 3 is 2.09 bits per heavy atom. The molecule has 0 saturated heterocycles. The molecule has 3 N–H and O–H groups in total. The van der Waals surface area contributed by atoms with Gasteiger partial charge in [-0.1, -0.05) is 49.7 Å². The molecule has 0 heterocycles. The molecule has 0 amide bonds. The molecule has 0 spiro atoms. The summed E-state index contributed by atoms with van der Waals surface area (Å²) in [5.41, 5.74) is 1.15. The van der Waals surface area contributed by atoms with E-state index in [0.717, 1.165) is 24.8 Å². The fourth-order valence-electron chi connectivity index (χ4n) is 1.94. The number of primary sulfonamides is 1. The van der Waals surface area contributed by atoms with Crippen LogP contribution in [0.25, 0.3) is 0 Å². The van der Waals surface area contributed by atoms with Gasteiger partial charge < -0.3 is 5.11 Å². The van der Waals surface area contributed by atoms with Gasteiger partial charge in [0.1, 0.15) is 0 Å². The monoisotopic (exact) mass is 335 g/mol. The maximum absolute atomic E-state index is 11.2. The van der Waals surface area contributed by atoms with E-state index in [4.69, 9.17) is 10.2 Å². The van der Waals surface area contributed by atoms with Gasteiger partial charge in [-0.15, -0.1) is 0 Å². The Morgan fingerprint density at radius 2 is 1.61 bits per heavy atom. The van der Waals surface area contributed by atoms with E-state index in [1.807, 2.05) is 12.1 Å². The number of carboxylic acid groups (broad SMARTS) is 1. The van der Waals surface area contributed by atoms with E-state index >= 15 is 0 Å². The highest BCUT2D eigenvalue weighted by atomic mass is 32.2. The number of aryl methyl sites for hydroxylation is 1. The number of carbonyl (C=O) groups is 1. The first-order valence-corrected chi connectivity index (χ1v) is 8.80. The van der Waals surface area contributed by atoms with Gasteiger partial charge in [-0.2, -0.15) is 0 Å². The molecular formula is C17H21NO4S. The van der Waals surface area contributed by atoms with E-state index in [1.165, 1.54) is 0 Å².